The van der Waals surface area contributed by atoms with Crippen LogP contribution < -0.4 is 5.43 Å². The van der Waals surface area contributed by atoms with E-state index in [0.717, 1.165) is 25.7 Å². The molecule has 1 amide bonds. The van der Waals surface area contributed by atoms with E-state index in [1.165, 1.54) is 18.3 Å². The van der Waals surface area contributed by atoms with Gasteiger partial charge in [-0.3, -0.25) is 14.9 Å². The van der Waals surface area contributed by atoms with Crippen molar-refractivity contribution in [2.24, 2.45) is 22.9 Å². The first-order valence-electron chi connectivity index (χ1n) is 7.89. The minimum absolute atomic E-state index is 0.0138. The first-order chi connectivity index (χ1) is 11.2. The number of nitrogens with one attached hydrogen (secondary N) is 1. The number of amides is 1. The Bertz CT molecular complexity index is 636. The number of allylic oxidation sites excluding steroid dienone is 2. The highest BCUT2D eigenvalue weighted by Gasteiger charge is 2.53. The van der Waals surface area contributed by atoms with E-state index >= 15 is 0 Å². The third-order valence-corrected chi connectivity index (χ3v) is 4.63. The molecule has 1 unspecified atom stereocenters. The summed E-state index contributed by atoms with van der Waals surface area (Å²) < 4.78 is 0. The summed E-state index contributed by atoms with van der Waals surface area (Å²) in [7, 11) is 0. The van der Waals surface area contributed by atoms with E-state index in [0.29, 0.717) is 17.4 Å². The molecule has 1 aromatic carbocycles. The fourth-order valence-electron chi connectivity index (χ4n) is 3.36. The van der Waals surface area contributed by atoms with Crippen molar-refractivity contribution in [1.29, 1.82) is 0 Å². The second-order valence-electron chi connectivity index (χ2n) is 6.06. The molecule has 1 N–H and O–H groups in total. The molecule has 1 fully saturated rings. The van der Waals surface area contributed by atoms with Crippen LogP contribution in [0.25, 0.3) is 0 Å². The summed E-state index contributed by atoms with van der Waals surface area (Å²) in [6.45, 7) is 0. The van der Waals surface area contributed by atoms with Crippen molar-refractivity contribution >= 4 is 17.8 Å². The summed E-state index contributed by atoms with van der Waals surface area (Å²) in [5.41, 5.74) is 3.35. The number of hydrogen-bond acceptors (Lipinski definition) is 4. The molecule has 2 aliphatic carbocycles. The zero-order valence-corrected chi connectivity index (χ0v) is 12.7. The van der Waals surface area contributed by atoms with Gasteiger partial charge in [0.1, 0.15) is 0 Å². The molecule has 0 spiro atoms. The normalized spacial score (nSPS) is 27.6. The number of hydrazone groups is 1. The molecular formula is C17H19N3O3. The van der Waals surface area contributed by atoms with Crippen LogP contribution in [0.3, 0.4) is 0 Å². The van der Waals surface area contributed by atoms with Crippen LogP contribution in [0, 0.1) is 27.9 Å². The third-order valence-electron chi connectivity index (χ3n) is 4.63. The SMILES string of the molecule is O=C(N/N=C\c1ccc([N+](=O)[O-])cc1)C1[C@H]2CC/C=C\CC[C@@H]12. The maximum absolute atomic E-state index is 12.2. The quantitative estimate of drug-likeness (QED) is 0.401. The standard InChI is InChI=1S/C17H19N3O3/c21-17(16-14-5-3-1-2-4-6-15(14)16)19-18-11-12-7-9-13(10-8-12)20(22)23/h1-2,7-11,14-16H,3-6H2,(H,19,21)/b2-1-,18-11-/t14-,15+,16?. The molecule has 120 valence electrons. The van der Waals surface area contributed by atoms with Crippen molar-refractivity contribution in [3.8, 4) is 0 Å². The van der Waals surface area contributed by atoms with Crippen molar-refractivity contribution in [2.45, 2.75) is 25.7 Å². The van der Waals surface area contributed by atoms with Gasteiger partial charge in [0, 0.05) is 18.1 Å². The molecule has 0 aromatic heterocycles. The second-order valence-corrected chi connectivity index (χ2v) is 6.06. The van der Waals surface area contributed by atoms with Crippen LogP contribution in [0.15, 0.2) is 41.5 Å². The molecule has 2 aliphatic rings. The Morgan fingerprint density at radius 1 is 1.17 bits per heavy atom. The second kappa shape index (κ2) is 6.73. The van der Waals surface area contributed by atoms with Crippen LogP contribution in [-0.2, 0) is 4.79 Å². The van der Waals surface area contributed by atoms with E-state index in [1.807, 2.05) is 0 Å². The lowest BCUT2D eigenvalue weighted by molar-refractivity contribution is -0.384. The van der Waals surface area contributed by atoms with Gasteiger partial charge in [0.2, 0.25) is 5.91 Å². The van der Waals surface area contributed by atoms with Gasteiger partial charge in [0.25, 0.3) is 5.69 Å². The van der Waals surface area contributed by atoms with Gasteiger partial charge >= 0.3 is 0 Å². The van der Waals surface area contributed by atoms with E-state index in [-0.39, 0.29) is 17.5 Å². The van der Waals surface area contributed by atoms with Crippen LogP contribution in [0.5, 0.6) is 0 Å². The molecule has 1 aromatic rings. The highest BCUT2D eigenvalue weighted by atomic mass is 16.6. The Morgan fingerprint density at radius 3 is 2.35 bits per heavy atom. The van der Waals surface area contributed by atoms with Crippen LogP contribution in [0.2, 0.25) is 0 Å². The molecular weight excluding hydrogens is 294 g/mol. The molecule has 3 rings (SSSR count). The Labute approximate surface area is 134 Å². The topological polar surface area (TPSA) is 84.6 Å². The van der Waals surface area contributed by atoms with E-state index in [9.17, 15) is 14.9 Å². The number of nitrogens with zero attached hydrogens (tertiary/aromatic N) is 2. The van der Waals surface area contributed by atoms with Gasteiger partial charge in [-0.15, -0.1) is 0 Å². The number of nitro benzene ring substituents is 1. The van der Waals surface area contributed by atoms with Crippen molar-refractivity contribution in [1.82, 2.24) is 5.43 Å². The number of hydrogen-bond donors (Lipinski definition) is 1. The molecule has 0 bridgehead atoms. The molecule has 1 saturated carbocycles. The number of non-ortho nitro benzene ring substituents is 1. The van der Waals surface area contributed by atoms with Crippen LogP contribution in [-0.4, -0.2) is 17.0 Å². The number of carbonyl (C=O) groups excluding carboxylic acids is 1. The number of fused-ring (bicyclic) bond motifs is 1. The molecule has 6 heteroatoms. The molecule has 6 nitrogen and oxygen atoms in total. The predicted molar refractivity (Wildman–Crippen MR) is 86.9 cm³/mol. The summed E-state index contributed by atoms with van der Waals surface area (Å²) in [6.07, 6.45) is 10.2. The average Bonchev–Trinajstić information content (AvgIpc) is 3.19. The Hall–Kier alpha value is -2.50. The van der Waals surface area contributed by atoms with Crippen molar-refractivity contribution < 1.29 is 9.72 Å². The number of rotatable bonds is 4. The van der Waals surface area contributed by atoms with Gasteiger partial charge in [-0.2, -0.15) is 5.10 Å². The zero-order valence-electron chi connectivity index (χ0n) is 12.7. The van der Waals surface area contributed by atoms with Gasteiger partial charge < -0.3 is 0 Å². The average molecular weight is 313 g/mol. The van der Waals surface area contributed by atoms with E-state index < -0.39 is 4.92 Å². The monoisotopic (exact) mass is 313 g/mol. The fraction of sp³-hybridized carbons (Fsp3) is 0.412. The van der Waals surface area contributed by atoms with Crippen LogP contribution in [0.4, 0.5) is 5.69 Å². The van der Waals surface area contributed by atoms with Crippen LogP contribution >= 0.6 is 0 Å². The summed E-state index contributed by atoms with van der Waals surface area (Å²) in [5.74, 6) is 1.06. The minimum Gasteiger partial charge on any atom is -0.273 e. The van der Waals surface area contributed by atoms with Gasteiger partial charge in [0.05, 0.1) is 11.1 Å². The van der Waals surface area contributed by atoms with Crippen molar-refractivity contribution in [3.05, 3.63) is 52.1 Å². The summed E-state index contributed by atoms with van der Waals surface area (Å²) in [5, 5.41) is 14.6. The first-order valence-corrected chi connectivity index (χ1v) is 7.89. The lowest BCUT2D eigenvalue weighted by Gasteiger charge is -1.99. The number of benzene rings is 1. The maximum Gasteiger partial charge on any atom is 0.269 e. The lowest BCUT2D eigenvalue weighted by atomic mass is 10.1. The van der Waals surface area contributed by atoms with E-state index in [2.05, 4.69) is 22.7 Å². The van der Waals surface area contributed by atoms with Gasteiger partial charge in [0.15, 0.2) is 0 Å². The molecule has 23 heavy (non-hydrogen) atoms. The summed E-state index contributed by atoms with van der Waals surface area (Å²) in [6, 6.07) is 6.03. The Balaban J connectivity index is 1.52. The smallest absolute Gasteiger partial charge is 0.269 e. The van der Waals surface area contributed by atoms with Gasteiger partial charge in [-0.25, -0.2) is 5.43 Å². The maximum atomic E-state index is 12.2. The molecule has 0 heterocycles. The van der Waals surface area contributed by atoms with Crippen LogP contribution in [0.1, 0.15) is 31.2 Å². The molecule has 3 atom stereocenters. The molecule has 0 saturated heterocycles. The van der Waals surface area contributed by atoms with E-state index in [1.54, 1.807) is 12.1 Å². The molecule has 0 aliphatic heterocycles. The molecule has 0 radical (unpaired) electrons. The van der Waals surface area contributed by atoms with E-state index in [4.69, 9.17) is 0 Å². The minimum atomic E-state index is -0.447. The fourth-order valence-corrected chi connectivity index (χ4v) is 3.36. The number of nitro groups is 1. The van der Waals surface area contributed by atoms with Gasteiger partial charge in [-0.1, -0.05) is 12.2 Å². The summed E-state index contributed by atoms with van der Waals surface area (Å²) in [4.78, 5) is 22.3. The Kier molecular flexibility index (Phi) is 4.50. The Morgan fingerprint density at radius 2 is 1.78 bits per heavy atom. The number of carbonyl (C=O) groups is 1. The highest BCUT2D eigenvalue weighted by molar-refractivity contribution is 5.85. The van der Waals surface area contributed by atoms with Gasteiger partial charge in [-0.05, 0) is 55.2 Å². The van der Waals surface area contributed by atoms with Crippen molar-refractivity contribution in [3.63, 3.8) is 0 Å². The first kappa shape index (κ1) is 15.4. The predicted octanol–water partition coefficient (Wildman–Crippen LogP) is 3.04. The lowest BCUT2D eigenvalue weighted by Crippen LogP contribution is -2.21. The van der Waals surface area contributed by atoms with Crippen molar-refractivity contribution in [2.75, 3.05) is 0 Å². The summed E-state index contributed by atoms with van der Waals surface area (Å²) >= 11 is 0. The third kappa shape index (κ3) is 3.64. The highest BCUT2D eigenvalue weighted by Crippen LogP contribution is 2.52. The largest absolute Gasteiger partial charge is 0.273 e. The zero-order chi connectivity index (χ0) is 16.2.